The molecule has 128 valence electrons. The van der Waals surface area contributed by atoms with Gasteiger partial charge in [-0.3, -0.25) is 9.89 Å². The van der Waals surface area contributed by atoms with Gasteiger partial charge in [0.2, 0.25) is 0 Å². The highest BCUT2D eigenvalue weighted by Crippen LogP contribution is 2.20. The number of nitrogens with one attached hydrogen (secondary N) is 2. The van der Waals surface area contributed by atoms with Crippen LogP contribution < -0.4 is 10.1 Å². The first kappa shape index (κ1) is 15.7. The Morgan fingerprint density at radius 2 is 2.08 bits per heavy atom. The number of anilines is 1. The molecular weight excluding hydrogens is 318 g/mol. The van der Waals surface area contributed by atoms with E-state index in [2.05, 4.69) is 15.5 Å². The summed E-state index contributed by atoms with van der Waals surface area (Å²) in [5.74, 6) is 0.518. The number of hydrogen-bond donors (Lipinski definition) is 2. The van der Waals surface area contributed by atoms with Crippen LogP contribution in [0.25, 0.3) is 10.9 Å². The molecule has 6 nitrogen and oxygen atoms in total. The van der Waals surface area contributed by atoms with Gasteiger partial charge in [-0.25, -0.2) is 0 Å². The van der Waals surface area contributed by atoms with Gasteiger partial charge in [-0.1, -0.05) is 18.2 Å². The fourth-order valence-electron chi connectivity index (χ4n) is 2.93. The summed E-state index contributed by atoms with van der Waals surface area (Å²) < 4.78 is 11.3. The van der Waals surface area contributed by atoms with E-state index in [-0.39, 0.29) is 12.0 Å². The van der Waals surface area contributed by atoms with Crippen LogP contribution >= 0.6 is 0 Å². The van der Waals surface area contributed by atoms with Crippen molar-refractivity contribution >= 4 is 22.5 Å². The number of para-hydroxylation sites is 1. The van der Waals surface area contributed by atoms with Crippen molar-refractivity contribution < 1.29 is 14.3 Å². The lowest BCUT2D eigenvalue weighted by Crippen LogP contribution is -2.16. The van der Waals surface area contributed by atoms with E-state index in [4.69, 9.17) is 9.47 Å². The Labute approximate surface area is 145 Å². The Bertz CT molecular complexity index is 867. The summed E-state index contributed by atoms with van der Waals surface area (Å²) in [6, 6.07) is 14.9. The molecule has 0 saturated carbocycles. The predicted octanol–water partition coefficient (Wildman–Crippen LogP) is 3.37. The van der Waals surface area contributed by atoms with Crippen LogP contribution in [0.1, 0.15) is 23.3 Å². The molecule has 2 aromatic carbocycles. The zero-order valence-electron chi connectivity index (χ0n) is 13.7. The minimum atomic E-state index is -0.245. The van der Waals surface area contributed by atoms with E-state index < -0.39 is 0 Å². The average Bonchev–Trinajstić information content (AvgIpc) is 3.31. The quantitative estimate of drug-likeness (QED) is 0.748. The molecule has 2 heterocycles. The first-order valence-electron chi connectivity index (χ1n) is 8.38. The number of hydrogen-bond acceptors (Lipinski definition) is 4. The fraction of sp³-hybridized carbons (Fsp3) is 0.263. The normalized spacial score (nSPS) is 16.9. The lowest BCUT2D eigenvalue weighted by Gasteiger charge is -2.12. The molecule has 2 N–H and O–H groups in total. The topological polar surface area (TPSA) is 76.2 Å². The molecule has 1 aromatic heterocycles. The Balaban J connectivity index is 1.39. The highest BCUT2D eigenvalue weighted by molar-refractivity contribution is 6.11. The minimum absolute atomic E-state index is 0.187. The average molecular weight is 337 g/mol. The van der Waals surface area contributed by atoms with Crippen LogP contribution in [0.4, 0.5) is 5.69 Å². The van der Waals surface area contributed by atoms with Crippen LogP contribution in [0.3, 0.4) is 0 Å². The van der Waals surface area contributed by atoms with E-state index in [9.17, 15) is 4.79 Å². The van der Waals surface area contributed by atoms with E-state index in [1.165, 1.54) is 0 Å². The number of carbonyl (C=O) groups excluding carboxylic acids is 1. The fourth-order valence-corrected chi connectivity index (χ4v) is 2.93. The lowest BCUT2D eigenvalue weighted by molar-refractivity contribution is 0.0679. The number of fused-ring (bicyclic) bond motifs is 1. The summed E-state index contributed by atoms with van der Waals surface area (Å²) in [6.07, 6.45) is 2.33. The molecule has 1 atom stereocenters. The molecule has 0 spiro atoms. The van der Waals surface area contributed by atoms with Gasteiger partial charge in [0.15, 0.2) is 5.69 Å². The Morgan fingerprint density at radius 3 is 2.88 bits per heavy atom. The molecule has 3 aromatic rings. The number of aromatic amines is 1. The van der Waals surface area contributed by atoms with Gasteiger partial charge in [-0.2, -0.15) is 5.10 Å². The molecule has 25 heavy (non-hydrogen) atoms. The van der Waals surface area contributed by atoms with E-state index in [1.807, 2.05) is 48.5 Å². The van der Waals surface area contributed by atoms with Gasteiger partial charge in [0, 0.05) is 17.7 Å². The Morgan fingerprint density at radius 1 is 1.24 bits per heavy atom. The molecule has 0 bridgehead atoms. The molecule has 0 unspecified atom stereocenters. The van der Waals surface area contributed by atoms with Crippen molar-refractivity contribution in [2.75, 3.05) is 18.5 Å². The molecule has 1 fully saturated rings. The number of benzene rings is 2. The number of H-pyrrole nitrogens is 1. The van der Waals surface area contributed by atoms with Crippen LogP contribution in [-0.4, -0.2) is 35.4 Å². The van der Waals surface area contributed by atoms with Crippen molar-refractivity contribution in [3.8, 4) is 5.75 Å². The van der Waals surface area contributed by atoms with Crippen molar-refractivity contribution in [3.63, 3.8) is 0 Å². The predicted molar refractivity (Wildman–Crippen MR) is 95.0 cm³/mol. The van der Waals surface area contributed by atoms with Crippen molar-refractivity contribution in [1.29, 1.82) is 0 Å². The molecule has 6 heteroatoms. The van der Waals surface area contributed by atoms with Gasteiger partial charge in [0.1, 0.15) is 12.4 Å². The molecule has 1 aliphatic rings. The number of nitrogens with zero attached hydrogens (tertiary/aromatic N) is 1. The number of aromatic nitrogens is 2. The zero-order chi connectivity index (χ0) is 17.1. The van der Waals surface area contributed by atoms with Crippen molar-refractivity contribution in [1.82, 2.24) is 10.2 Å². The van der Waals surface area contributed by atoms with E-state index in [1.54, 1.807) is 0 Å². The highest BCUT2D eigenvalue weighted by Gasteiger charge is 2.16. The van der Waals surface area contributed by atoms with E-state index >= 15 is 0 Å². The molecule has 1 aliphatic heterocycles. The number of ether oxygens (including phenoxy) is 2. The van der Waals surface area contributed by atoms with Crippen LogP contribution in [0.15, 0.2) is 48.5 Å². The van der Waals surface area contributed by atoms with E-state index in [0.717, 1.165) is 36.1 Å². The summed E-state index contributed by atoms with van der Waals surface area (Å²) in [6.45, 7) is 1.38. The van der Waals surface area contributed by atoms with Crippen LogP contribution in [0.2, 0.25) is 0 Å². The summed E-state index contributed by atoms with van der Waals surface area (Å²) in [4.78, 5) is 12.4. The molecule has 4 rings (SSSR count). The maximum absolute atomic E-state index is 12.4. The third-order valence-corrected chi connectivity index (χ3v) is 4.26. The SMILES string of the molecule is O=C(Nc1ccc(OC[C@@H]2CCCO2)cc1)c1n[nH]c2ccccc12. The lowest BCUT2D eigenvalue weighted by atomic mass is 10.2. The first-order chi connectivity index (χ1) is 12.3. The second kappa shape index (κ2) is 6.94. The van der Waals surface area contributed by atoms with Gasteiger partial charge >= 0.3 is 0 Å². The first-order valence-corrected chi connectivity index (χ1v) is 8.38. The maximum atomic E-state index is 12.4. The monoisotopic (exact) mass is 337 g/mol. The third-order valence-electron chi connectivity index (χ3n) is 4.26. The molecular formula is C19H19N3O3. The number of amides is 1. The van der Waals surface area contributed by atoms with Gasteiger partial charge in [0.05, 0.1) is 11.6 Å². The second-order valence-electron chi connectivity index (χ2n) is 6.04. The van der Waals surface area contributed by atoms with Gasteiger partial charge in [-0.15, -0.1) is 0 Å². The summed E-state index contributed by atoms with van der Waals surface area (Å²) in [5, 5.41) is 10.6. The van der Waals surface area contributed by atoms with Gasteiger partial charge in [-0.05, 0) is 43.2 Å². The maximum Gasteiger partial charge on any atom is 0.276 e. The molecule has 0 aliphatic carbocycles. The van der Waals surface area contributed by atoms with Crippen LogP contribution in [-0.2, 0) is 4.74 Å². The van der Waals surface area contributed by atoms with Gasteiger partial charge < -0.3 is 14.8 Å². The van der Waals surface area contributed by atoms with Crippen molar-refractivity contribution in [2.24, 2.45) is 0 Å². The molecule has 0 radical (unpaired) electrons. The third kappa shape index (κ3) is 3.49. The van der Waals surface area contributed by atoms with Gasteiger partial charge in [0.25, 0.3) is 5.91 Å². The summed E-state index contributed by atoms with van der Waals surface area (Å²) >= 11 is 0. The van der Waals surface area contributed by atoms with Crippen LogP contribution in [0, 0.1) is 0 Å². The summed E-state index contributed by atoms with van der Waals surface area (Å²) in [5.41, 5.74) is 1.92. The summed E-state index contributed by atoms with van der Waals surface area (Å²) in [7, 11) is 0. The van der Waals surface area contributed by atoms with E-state index in [0.29, 0.717) is 18.0 Å². The second-order valence-corrected chi connectivity index (χ2v) is 6.04. The Kier molecular flexibility index (Phi) is 4.35. The number of rotatable bonds is 5. The van der Waals surface area contributed by atoms with Crippen molar-refractivity contribution in [2.45, 2.75) is 18.9 Å². The standard InChI is InChI=1S/C19H19N3O3/c23-19(18-16-5-1-2-6-17(16)21-22-18)20-13-7-9-14(10-8-13)25-12-15-4-3-11-24-15/h1-2,5-10,15H,3-4,11-12H2,(H,20,23)(H,21,22)/t15-/m0/s1. The zero-order valence-corrected chi connectivity index (χ0v) is 13.7. The number of carbonyl (C=O) groups is 1. The molecule has 1 amide bonds. The Hall–Kier alpha value is -2.86. The minimum Gasteiger partial charge on any atom is -0.491 e. The smallest absolute Gasteiger partial charge is 0.276 e. The van der Waals surface area contributed by atoms with Crippen molar-refractivity contribution in [3.05, 3.63) is 54.2 Å². The largest absolute Gasteiger partial charge is 0.491 e. The molecule has 1 saturated heterocycles. The van der Waals surface area contributed by atoms with Crippen LogP contribution in [0.5, 0.6) is 5.75 Å². The highest BCUT2D eigenvalue weighted by atomic mass is 16.5.